The van der Waals surface area contributed by atoms with Crippen molar-refractivity contribution in [2.75, 3.05) is 11.9 Å². The number of aryl methyl sites for hydroxylation is 1. The number of halogens is 3. The number of amidine groups is 1. The monoisotopic (exact) mass is 376 g/mol. The minimum absolute atomic E-state index is 0.000796. The van der Waals surface area contributed by atoms with Crippen molar-refractivity contribution in [2.24, 2.45) is 4.99 Å². The minimum Gasteiger partial charge on any atom is -0.330 e. The van der Waals surface area contributed by atoms with Crippen LogP contribution in [0, 0.1) is 6.92 Å². The molecule has 1 N–H and O–H groups in total. The van der Waals surface area contributed by atoms with Crippen LogP contribution in [0.4, 0.5) is 19.0 Å². The molecule has 3 rings (SSSR count). The molecule has 0 unspecified atom stereocenters. The Morgan fingerprint density at radius 1 is 1.15 bits per heavy atom. The van der Waals surface area contributed by atoms with E-state index in [2.05, 4.69) is 15.3 Å². The summed E-state index contributed by atoms with van der Waals surface area (Å²) in [5.41, 5.74) is -2.17. The number of rotatable bonds is 5. The van der Waals surface area contributed by atoms with Gasteiger partial charge in [0, 0.05) is 18.3 Å². The number of benzene rings is 1. The van der Waals surface area contributed by atoms with Crippen molar-refractivity contribution in [1.29, 1.82) is 0 Å². The second kappa shape index (κ2) is 7.02. The summed E-state index contributed by atoms with van der Waals surface area (Å²) in [6, 6.07) is 11.6. The Hall–Kier alpha value is -2.90. The summed E-state index contributed by atoms with van der Waals surface area (Å²) < 4.78 is 42.4. The Bertz CT molecular complexity index is 867. The van der Waals surface area contributed by atoms with Gasteiger partial charge in [-0.1, -0.05) is 43.3 Å². The zero-order valence-corrected chi connectivity index (χ0v) is 14.9. The molecule has 0 bridgehead atoms. The lowest BCUT2D eigenvalue weighted by Gasteiger charge is -2.30. The van der Waals surface area contributed by atoms with Gasteiger partial charge in [0.25, 0.3) is 5.91 Å². The van der Waals surface area contributed by atoms with E-state index in [4.69, 9.17) is 0 Å². The molecule has 1 aliphatic rings. The molecule has 8 heteroatoms. The van der Waals surface area contributed by atoms with Crippen molar-refractivity contribution in [2.45, 2.75) is 32.1 Å². The molecule has 142 valence electrons. The smallest absolute Gasteiger partial charge is 0.330 e. The predicted octanol–water partition coefficient (Wildman–Crippen LogP) is 3.76. The third-order valence-electron chi connectivity index (χ3n) is 4.28. The quantitative estimate of drug-likeness (QED) is 0.865. The van der Waals surface area contributed by atoms with Gasteiger partial charge in [-0.2, -0.15) is 13.2 Å². The molecule has 1 aliphatic heterocycles. The highest BCUT2D eigenvalue weighted by Crippen LogP contribution is 2.41. The highest BCUT2D eigenvalue weighted by Gasteiger charge is 2.66. The van der Waals surface area contributed by atoms with Crippen LogP contribution in [0.2, 0.25) is 0 Å². The van der Waals surface area contributed by atoms with Gasteiger partial charge in [0.15, 0.2) is 0 Å². The molecular weight excluding hydrogens is 357 g/mol. The van der Waals surface area contributed by atoms with E-state index in [-0.39, 0.29) is 18.2 Å². The third-order valence-corrected chi connectivity index (χ3v) is 4.28. The number of carbonyl (C=O) groups excluding carboxylic acids is 1. The van der Waals surface area contributed by atoms with Crippen LogP contribution in [-0.2, 0) is 4.79 Å². The largest absolute Gasteiger partial charge is 0.442 e. The van der Waals surface area contributed by atoms with Gasteiger partial charge < -0.3 is 5.32 Å². The van der Waals surface area contributed by atoms with Gasteiger partial charge in [-0.3, -0.25) is 9.69 Å². The molecule has 1 aromatic heterocycles. The SMILES string of the molecule is CCCN1C(=O)[C@](Nc2ncccc2C)(C(F)(F)F)N=C1c1ccccc1. The Kier molecular flexibility index (Phi) is 4.91. The molecule has 1 amide bonds. The molecule has 27 heavy (non-hydrogen) atoms. The van der Waals surface area contributed by atoms with Crippen LogP contribution >= 0.6 is 0 Å². The average Bonchev–Trinajstić information content (AvgIpc) is 2.92. The fraction of sp³-hybridized carbons (Fsp3) is 0.316. The number of amides is 1. The summed E-state index contributed by atoms with van der Waals surface area (Å²) in [6.45, 7) is 3.54. The first-order valence-electron chi connectivity index (χ1n) is 8.54. The predicted molar refractivity (Wildman–Crippen MR) is 96.4 cm³/mol. The van der Waals surface area contributed by atoms with Crippen LogP contribution in [0.1, 0.15) is 24.5 Å². The first-order chi connectivity index (χ1) is 12.8. The van der Waals surface area contributed by atoms with E-state index in [1.807, 2.05) is 0 Å². The van der Waals surface area contributed by atoms with Gasteiger partial charge in [-0.15, -0.1) is 0 Å². The minimum atomic E-state index is -4.95. The molecule has 2 heterocycles. The molecule has 0 spiro atoms. The van der Waals surface area contributed by atoms with Gasteiger partial charge in [0.1, 0.15) is 11.7 Å². The number of anilines is 1. The molecule has 1 aromatic carbocycles. The first kappa shape index (κ1) is 18.9. The number of alkyl halides is 3. The lowest BCUT2D eigenvalue weighted by Crippen LogP contribution is -2.58. The zero-order valence-electron chi connectivity index (χ0n) is 14.9. The molecule has 0 saturated heterocycles. The molecule has 5 nitrogen and oxygen atoms in total. The first-order valence-corrected chi connectivity index (χ1v) is 8.54. The van der Waals surface area contributed by atoms with Crippen molar-refractivity contribution in [3.8, 4) is 0 Å². The van der Waals surface area contributed by atoms with Crippen LogP contribution < -0.4 is 5.32 Å². The van der Waals surface area contributed by atoms with E-state index in [0.29, 0.717) is 17.5 Å². The average molecular weight is 376 g/mol. The highest BCUT2D eigenvalue weighted by molar-refractivity contribution is 6.16. The maximum Gasteiger partial charge on any atom is 0.442 e. The van der Waals surface area contributed by atoms with E-state index in [1.54, 1.807) is 56.3 Å². The number of nitrogens with one attached hydrogen (secondary N) is 1. The normalized spacial score (nSPS) is 20.0. The van der Waals surface area contributed by atoms with Crippen molar-refractivity contribution in [3.63, 3.8) is 0 Å². The van der Waals surface area contributed by atoms with E-state index < -0.39 is 17.7 Å². The Balaban J connectivity index is 2.16. The molecule has 2 aromatic rings. The van der Waals surface area contributed by atoms with Crippen molar-refractivity contribution in [1.82, 2.24) is 9.88 Å². The fourth-order valence-corrected chi connectivity index (χ4v) is 2.92. The zero-order chi connectivity index (χ0) is 19.7. The second-order valence-corrected chi connectivity index (χ2v) is 6.26. The summed E-state index contributed by atoms with van der Waals surface area (Å²) in [6.07, 6.45) is -3.09. The van der Waals surface area contributed by atoms with Gasteiger partial charge in [0.2, 0.25) is 0 Å². The highest BCUT2D eigenvalue weighted by atomic mass is 19.4. The van der Waals surface area contributed by atoms with E-state index in [9.17, 15) is 18.0 Å². The van der Waals surface area contributed by atoms with Crippen molar-refractivity contribution >= 4 is 17.6 Å². The Morgan fingerprint density at radius 2 is 1.85 bits per heavy atom. The Morgan fingerprint density at radius 3 is 2.44 bits per heavy atom. The van der Waals surface area contributed by atoms with Crippen LogP contribution in [0.5, 0.6) is 0 Å². The Labute approximate surface area is 154 Å². The molecule has 0 radical (unpaired) electrons. The summed E-state index contributed by atoms with van der Waals surface area (Å²) in [5, 5.41) is 2.29. The van der Waals surface area contributed by atoms with Gasteiger partial charge in [-0.25, -0.2) is 9.98 Å². The molecule has 1 atom stereocenters. The number of hydrogen-bond acceptors (Lipinski definition) is 4. The maximum absolute atomic E-state index is 14.1. The van der Waals surface area contributed by atoms with Crippen molar-refractivity contribution in [3.05, 3.63) is 59.8 Å². The molecular formula is C19H19F3N4O. The topological polar surface area (TPSA) is 57.6 Å². The number of hydrogen-bond donors (Lipinski definition) is 1. The summed E-state index contributed by atoms with van der Waals surface area (Å²) >= 11 is 0. The fourth-order valence-electron chi connectivity index (χ4n) is 2.92. The number of carbonyl (C=O) groups is 1. The summed E-state index contributed by atoms with van der Waals surface area (Å²) in [5.74, 6) is -1.18. The number of aromatic nitrogens is 1. The third kappa shape index (κ3) is 3.27. The maximum atomic E-state index is 14.1. The standard InChI is InChI=1S/C19H19F3N4O/c1-3-12-26-16(14-9-5-4-6-10-14)25-18(17(26)27,19(20,21)22)24-15-13(2)8-7-11-23-15/h4-11H,3,12H2,1-2H3,(H,23,24)/t18-/m1/s1. The van der Waals surface area contributed by atoms with Gasteiger partial charge >= 0.3 is 11.8 Å². The van der Waals surface area contributed by atoms with E-state index >= 15 is 0 Å². The second-order valence-electron chi connectivity index (χ2n) is 6.26. The number of nitrogens with zero attached hydrogens (tertiary/aromatic N) is 3. The van der Waals surface area contributed by atoms with E-state index in [0.717, 1.165) is 4.90 Å². The van der Waals surface area contributed by atoms with Crippen LogP contribution in [-0.4, -0.2) is 40.0 Å². The van der Waals surface area contributed by atoms with Crippen LogP contribution in [0.25, 0.3) is 0 Å². The number of aliphatic imine (C=N–C) groups is 1. The van der Waals surface area contributed by atoms with Crippen LogP contribution in [0.15, 0.2) is 53.7 Å². The molecule has 0 fully saturated rings. The molecule has 0 saturated carbocycles. The van der Waals surface area contributed by atoms with E-state index in [1.165, 1.54) is 6.20 Å². The number of pyridine rings is 1. The van der Waals surface area contributed by atoms with Crippen molar-refractivity contribution < 1.29 is 18.0 Å². The lowest BCUT2D eigenvalue weighted by atomic mass is 10.1. The van der Waals surface area contributed by atoms with Crippen LogP contribution in [0.3, 0.4) is 0 Å². The summed E-state index contributed by atoms with van der Waals surface area (Å²) in [7, 11) is 0. The van der Waals surface area contributed by atoms with Gasteiger partial charge in [0.05, 0.1) is 0 Å². The summed E-state index contributed by atoms with van der Waals surface area (Å²) in [4.78, 5) is 21.9. The molecule has 0 aliphatic carbocycles. The lowest BCUT2D eigenvalue weighted by molar-refractivity contribution is -0.185. The van der Waals surface area contributed by atoms with Gasteiger partial charge in [-0.05, 0) is 25.0 Å².